The normalized spacial score (nSPS) is 11.0. The quantitative estimate of drug-likeness (QED) is 0.486. The molecule has 0 aliphatic carbocycles. The van der Waals surface area contributed by atoms with E-state index in [4.69, 9.17) is 0 Å². The molecular weight excluding hydrogens is 326 g/mol. The first-order valence-corrected chi connectivity index (χ1v) is 8.39. The number of phenols is 1. The van der Waals surface area contributed by atoms with E-state index in [0.717, 1.165) is 27.6 Å². The average Bonchev–Trinajstić information content (AvgIpc) is 2.63. The molecule has 0 aromatic heterocycles. The monoisotopic (exact) mass is 347 g/mol. The third kappa shape index (κ3) is 3.83. The fourth-order valence-electron chi connectivity index (χ4n) is 2.89. The van der Waals surface area contributed by atoms with Gasteiger partial charge in [-0.2, -0.15) is 5.10 Å². The second kappa shape index (κ2) is 7.70. The molecule has 26 heavy (non-hydrogen) atoms. The summed E-state index contributed by atoms with van der Waals surface area (Å²) >= 11 is 0. The number of hydrogen-bond donors (Lipinski definition) is 3. The van der Waals surface area contributed by atoms with Gasteiger partial charge in [-0.25, -0.2) is 5.43 Å². The molecule has 0 aliphatic heterocycles. The van der Waals surface area contributed by atoms with E-state index >= 15 is 0 Å². The predicted molar refractivity (Wildman–Crippen MR) is 106 cm³/mol. The van der Waals surface area contributed by atoms with Crippen molar-refractivity contribution in [2.24, 2.45) is 5.10 Å². The number of nitrogens with zero attached hydrogens (tertiary/aromatic N) is 1. The van der Waals surface area contributed by atoms with E-state index in [1.807, 2.05) is 62.4 Å². The van der Waals surface area contributed by atoms with Crippen LogP contribution >= 0.6 is 0 Å². The molecule has 0 atom stereocenters. The van der Waals surface area contributed by atoms with Gasteiger partial charge >= 0.3 is 0 Å². The zero-order valence-electron chi connectivity index (χ0n) is 14.8. The highest BCUT2D eigenvalue weighted by Gasteiger charge is 2.06. The molecule has 0 fully saturated rings. The molecule has 3 aromatic rings. The second-order valence-electron chi connectivity index (χ2n) is 6.13. The predicted octanol–water partition coefficient (Wildman–Crippen LogP) is 3.72. The Balaban J connectivity index is 1.66. The molecule has 3 N–H and O–H groups in total. The standard InChI is InChI=1S/C21H21N3O2/c1-14-6-5-7-15(2)21(14)22-13-20(26)24-23-12-18-17-9-4-3-8-16(17)10-11-19(18)25/h3-12,22,25H,13H2,1-2H3,(H,24,26). The van der Waals surface area contributed by atoms with Crippen LogP contribution in [0.25, 0.3) is 10.8 Å². The minimum absolute atomic E-state index is 0.116. The number of benzene rings is 3. The molecule has 0 spiro atoms. The van der Waals surface area contributed by atoms with E-state index in [0.29, 0.717) is 5.56 Å². The highest BCUT2D eigenvalue weighted by atomic mass is 16.3. The van der Waals surface area contributed by atoms with Crippen molar-refractivity contribution < 1.29 is 9.90 Å². The maximum absolute atomic E-state index is 12.0. The third-order valence-corrected chi connectivity index (χ3v) is 4.24. The molecule has 0 unspecified atom stereocenters. The fraction of sp³-hybridized carbons (Fsp3) is 0.143. The molecule has 0 aliphatic rings. The minimum Gasteiger partial charge on any atom is -0.507 e. The molecule has 0 bridgehead atoms. The SMILES string of the molecule is Cc1cccc(C)c1NCC(=O)NN=Cc1c(O)ccc2ccccc12. The van der Waals surface area contributed by atoms with Gasteiger partial charge in [0.2, 0.25) is 0 Å². The second-order valence-corrected chi connectivity index (χ2v) is 6.13. The maximum atomic E-state index is 12.0. The minimum atomic E-state index is -0.261. The summed E-state index contributed by atoms with van der Waals surface area (Å²) in [5, 5.41) is 19.1. The number of amides is 1. The van der Waals surface area contributed by atoms with Gasteiger partial charge in [-0.15, -0.1) is 0 Å². The Hall–Kier alpha value is -3.34. The first-order chi connectivity index (χ1) is 12.6. The summed E-state index contributed by atoms with van der Waals surface area (Å²) in [6.07, 6.45) is 1.47. The summed E-state index contributed by atoms with van der Waals surface area (Å²) in [7, 11) is 0. The number of hydrazone groups is 1. The lowest BCUT2D eigenvalue weighted by Crippen LogP contribution is -2.26. The first kappa shape index (κ1) is 17.5. The summed E-state index contributed by atoms with van der Waals surface area (Å²) in [5.41, 5.74) is 6.19. The Morgan fingerprint density at radius 2 is 1.77 bits per heavy atom. The largest absolute Gasteiger partial charge is 0.507 e. The van der Waals surface area contributed by atoms with Crippen LogP contribution in [0.1, 0.15) is 16.7 Å². The number of rotatable bonds is 5. The maximum Gasteiger partial charge on any atom is 0.259 e. The molecular formula is C21H21N3O2. The van der Waals surface area contributed by atoms with Crippen molar-refractivity contribution in [1.29, 1.82) is 0 Å². The van der Waals surface area contributed by atoms with Crippen molar-refractivity contribution in [2.45, 2.75) is 13.8 Å². The molecule has 0 radical (unpaired) electrons. The molecule has 3 aromatic carbocycles. The van der Waals surface area contributed by atoms with Gasteiger partial charge in [0.1, 0.15) is 5.75 Å². The first-order valence-electron chi connectivity index (χ1n) is 8.39. The van der Waals surface area contributed by atoms with E-state index in [2.05, 4.69) is 15.8 Å². The van der Waals surface area contributed by atoms with E-state index in [1.54, 1.807) is 6.07 Å². The number of fused-ring (bicyclic) bond motifs is 1. The number of aryl methyl sites for hydroxylation is 2. The molecule has 5 heteroatoms. The number of para-hydroxylation sites is 1. The van der Waals surface area contributed by atoms with Crippen molar-refractivity contribution in [1.82, 2.24) is 5.43 Å². The number of carbonyl (C=O) groups excluding carboxylic acids is 1. The van der Waals surface area contributed by atoms with Crippen LogP contribution in [0.4, 0.5) is 5.69 Å². The van der Waals surface area contributed by atoms with Crippen molar-refractivity contribution >= 4 is 28.6 Å². The Bertz CT molecular complexity index is 960. The van der Waals surface area contributed by atoms with E-state index in [-0.39, 0.29) is 18.2 Å². The average molecular weight is 347 g/mol. The van der Waals surface area contributed by atoms with E-state index in [9.17, 15) is 9.90 Å². The van der Waals surface area contributed by atoms with Gasteiger partial charge in [0.15, 0.2) is 0 Å². The van der Waals surface area contributed by atoms with Crippen molar-refractivity contribution in [3.63, 3.8) is 0 Å². The molecule has 0 heterocycles. The molecule has 1 amide bonds. The highest BCUT2D eigenvalue weighted by Crippen LogP contribution is 2.25. The summed E-state index contributed by atoms with van der Waals surface area (Å²) in [5.74, 6) is -0.140. The van der Waals surface area contributed by atoms with Gasteiger partial charge in [-0.1, -0.05) is 48.5 Å². The van der Waals surface area contributed by atoms with Crippen LogP contribution in [0.15, 0.2) is 59.7 Å². The fourth-order valence-corrected chi connectivity index (χ4v) is 2.89. The number of aromatic hydroxyl groups is 1. The highest BCUT2D eigenvalue weighted by molar-refractivity contribution is 6.02. The van der Waals surface area contributed by atoms with Crippen LogP contribution in [0.5, 0.6) is 5.75 Å². The summed E-state index contributed by atoms with van der Waals surface area (Å²) in [6.45, 7) is 4.11. The van der Waals surface area contributed by atoms with E-state index < -0.39 is 0 Å². The zero-order chi connectivity index (χ0) is 18.5. The van der Waals surface area contributed by atoms with Crippen molar-refractivity contribution in [3.05, 3.63) is 71.3 Å². The van der Waals surface area contributed by atoms with Gasteiger partial charge in [0.25, 0.3) is 5.91 Å². The molecule has 3 rings (SSSR count). The van der Waals surface area contributed by atoms with Gasteiger partial charge in [-0.05, 0) is 41.8 Å². The lowest BCUT2D eigenvalue weighted by Gasteiger charge is -2.11. The van der Waals surface area contributed by atoms with Gasteiger partial charge < -0.3 is 10.4 Å². The number of phenolic OH excluding ortho intramolecular Hbond substituents is 1. The summed E-state index contributed by atoms with van der Waals surface area (Å²) < 4.78 is 0. The van der Waals surface area contributed by atoms with Crippen LogP contribution in [0.2, 0.25) is 0 Å². The summed E-state index contributed by atoms with van der Waals surface area (Å²) in [4.78, 5) is 12.0. The number of nitrogens with one attached hydrogen (secondary N) is 2. The molecule has 0 saturated heterocycles. The van der Waals surface area contributed by atoms with Crippen molar-refractivity contribution in [3.8, 4) is 5.75 Å². The van der Waals surface area contributed by atoms with Gasteiger partial charge in [0.05, 0.1) is 12.8 Å². The van der Waals surface area contributed by atoms with Crippen molar-refractivity contribution in [2.75, 3.05) is 11.9 Å². The zero-order valence-corrected chi connectivity index (χ0v) is 14.8. The van der Waals surface area contributed by atoms with Crippen LogP contribution < -0.4 is 10.7 Å². The molecule has 0 saturated carbocycles. The van der Waals surface area contributed by atoms with Crippen LogP contribution in [0.3, 0.4) is 0 Å². The van der Waals surface area contributed by atoms with Crippen LogP contribution in [0, 0.1) is 13.8 Å². The van der Waals surface area contributed by atoms with Gasteiger partial charge in [0, 0.05) is 11.3 Å². The Morgan fingerprint density at radius 3 is 2.54 bits per heavy atom. The Labute approximate surface area is 152 Å². The smallest absolute Gasteiger partial charge is 0.259 e. The number of anilines is 1. The van der Waals surface area contributed by atoms with Crippen LogP contribution in [-0.4, -0.2) is 23.8 Å². The van der Waals surface area contributed by atoms with E-state index in [1.165, 1.54) is 6.21 Å². The molecule has 132 valence electrons. The topological polar surface area (TPSA) is 73.7 Å². The number of hydrogen-bond acceptors (Lipinski definition) is 4. The Morgan fingerprint density at radius 1 is 1.04 bits per heavy atom. The molecule has 5 nitrogen and oxygen atoms in total. The lowest BCUT2D eigenvalue weighted by atomic mass is 10.0. The van der Waals surface area contributed by atoms with Gasteiger partial charge in [-0.3, -0.25) is 4.79 Å². The van der Waals surface area contributed by atoms with Crippen LogP contribution in [-0.2, 0) is 4.79 Å². The lowest BCUT2D eigenvalue weighted by molar-refractivity contribution is -0.119. The Kier molecular flexibility index (Phi) is 5.17. The number of carbonyl (C=O) groups is 1. The summed E-state index contributed by atoms with van der Waals surface area (Å²) in [6, 6.07) is 17.1. The third-order valence-electron chi connectivity index (χ3n) is 4.24.